The van der Waals surface area contributed by atoms with Gasteiger partial charge in [0.25, 0.3) is 0 Å². The van der Waals surface area contributed by atoms with Gasteiger partial charge in [-0.3, -0.25) is 0 Å². The zero-order valence-corrected chi connectivity index (χ0v) is 14.2. The Morgan fingerprint density at radius 1 is 1.18 bits per heavy atom. The lowest BCUT2D eigenvalue weighted by atomic mass is 9.76. The van der Waals surface area contributed by atoms with Gasteiger partial charge >= 0.3 is 0 Å². The summed E-state index contributed by atoms with van der Waals surface area (Å²) >= 11 is 5.76. The highest BCUT2D eigenvalue weighted by Crippen LogP contribution is 2.37. The second kappa shape index (κ2) is 7.45. The topological polar surface area (TPSA) is 29.0 Å². The SMILES string of the molecule is CCC[C@H]1CC[C@H](C2=CCN(c3cnc(Cl)nc3)CC2)CC1. The zero-order chi connectivity index (χ0) is 15.4. The van der Waals surface area contributed by atoms with Crippen LogP contribution in [0.4, 0.5) is 5.69 Å². The van der Waals surface area contributed by atoms with Crippen molar-refractivity contribution >= 4 is 17.3 Å². The van der Waals surface area contributed by atoms with Crippen molar-refractivity contribution in [3.63, 3.8) is 0 Å². The molecule has 0 saturated heterocycles. The van der Waals surface area contributed by atoms with Crippen molar-refractivity contribution in [2.75, 3.05) is 18.0 Å². The molecule has 0 spiro atoms. The van der Waals surface area contributed by atoms with Crippen molar-refractivity contribution in [2.24, 2.45) is 11.8 Å². The molecular formula is C18H26ClN3. The number of nitrogens with zero attached hydrogens (tertiary/aromatic N) is 3. The van der Waals surface area contributed by atoms with Gasteiger partial charge < -0.3 is 4.90 Å². The summed E-state index contributed by atoms with van der Waals surface area (Å²) in [6, 6.07) is 0. The molecule has 22 heavy (non-hydrogen) atoms. The molecule has 2 aliphatic rings. The van der Waals surface area contributed by atoms with E-state index in [-0.39, 0.29) is 0 Å². The van der Waals surface area contributed by atoms with Gasteiger partial charge in [0.05, 0.1) is 18.1 Å². The minimum absolute atomic E-state index is 0.320. The highest BCUT2D eigenvalue weighted by atomic mass is 35.5. The maximum absolute atomic E-state index is 5.76. The maximum atomic E-state index is 5.76. The molecule has 0 unspecified atom stereocenters. The summed E-state index contributed by atoms with van der Waals surface area (Å²) in [5.41, 5.74) is 2.77. The Hall–Kier alpha value is -1.09. The van der Waals surface area contributed by atoms with Crippen LogP contribution in [0.3, 0.4) is 0 Å². The third-order valence-corrected chi connectivity index (χ3v) is 5.48. The molecule has 4 heteroatoms. The number of anilines is 1. The standard InChI is InChI=1S/C18H26ClN3/c1-2-3-14-4-6-15(7-5-14)16-8-10-22(11-9-16)17-12-20-18(19)21-13-17/h8,12-15H,2-7,9-11H2,1H3/t14-,15-. The summed E-state index contributed by atoms with van der Waals surface area (Å²) in [6.07, 6.45) is 15.7. The highest BCUT2D eigenvalue weighted by molar-refractivity contribution is 6.28. The molecule has 1 saturated carbocycles. The van der Waals surface area contributed by atoms with E-state index >= 15 is 0 Å². The van der Waals surface area contributed by atoms with E-state index in [4.69, 9.17) is 11.6 Å². The Bertz CT molecular complexity index is 504. The summed E-state index contributed by atoms with van der Waals surface area (Å²) in [5.74, 6) is 1.84. The fourth-order valence-corrected chi connectivity index (χ4v) is 4.09. The van der Waals surface area contributed by atoms with Gasteiger partial charge in [-0.05, 0) is 55.5 Å². The van der Waals surface area contributed by atoms with Crippen LogP contribution in [0.1, 0.15) is 51.9 Å². The Labute approximate surface area is 138 Å². The number of hydrogen-bond donors (Lipinski definition) is 0. The largest absolute Gasteiger partial charge is 0.365 e. The minimum atomic E-state index is 0.320. The van der Waals surface area contributed by atoms with Crippen LogP contribution in [-0.2, 0) is 0 Å². The Kier molecular flexibility index (Phi) is 5.35. The number of aromatic nitrogens is 2. The molecule has 120 valence electrons. The van der Waals surface area contributed by atoms with Crippen molar-refractivity contribution < 1.29 is 0 Å². The quantitative estimate of drug-likeness (QED) is 0.585. The van der Waals surface area contributed by atoms with Crippen LogP contribution in [0.5, 0.6) is 0 Å². The first kappa shape index (κ1) is 15.8. The van der Waals surface area contributed by atoms with Crippen molar-refractivity contribution in [1.82, 2.24) is 9.97 Å². The van der Waals surface area contributed by atoms with E-state index < -0.39 is 0 Å². The normalized spacial score (nSPS) is 25.9. The first-order valence-electron chi connectivity index (χ1n) is 8.67. The summed E-state index contributed by atoms with van der Waals surface area (Å²) in [5, 5.41) is 0.320. The fraction of sp³-hybridized carbons (Fsp3) is 0.667. The number of halogens is 1. The Morgan fingerprint density at radius 3 is 2.50 bits per heavy atom. The van der Waals surface area contributed by atoms with E-state index in [2.05, 4.69) is 27.9 Å². The highest BCUT2D eigenvalue weighted by Gasteiger charge is 2.25. The first-order valence-corrected chi connectivity index (χ1v) is 9.05. The van der Waals surface area contributed by atoms with E-state index in [1.54, 1.807) is 5.57 Å². The van der Waals surface area contributed by atoms with E-state index in [0.29, 0.717) is 5.28 Å². The van der Waals surface area contributed by atoms with Gasteiger partial charge in [-0.2, -0.15) is 0 Å². The van der Waals surface area contributed by atoms with Crippen molar-refractivity contribution in [3.05, 3.63) is 29.3 Å². The lowest BCUT2D eigenvalue weighted by molar-refractivity contribution is 0.282. The average Bonchev–Trinajstić information content (AvgIpc) is 2.57. The van der Waals surface area contributed by atoms with E-state index in [1.165, 1.54) is 44.9 Å². The summed E-state index contributed by atoms with van der Waals surface area (Å²) in [6.45, 7) is 4.37. The van der Waals surface area contributed by atoms with Crippen molar-refractivity contribution in [2.45, 2.75) is 51.9 Å². The fourth-order valence-electron chi connectivity index (χ4n) is 3.99. The van der Waals surface area contributed by atoms with E-state index in [0.717, 1.165) is 30.6 Å². The molecule has 2 heterocycles. The second-order valence-corrected chi connectivity index (χ2v) is 7.03. The average molecular weight is 320 g/mol. The molecule has 0 bridgehead atoms. The van der Waals surface area contributed by atoms with Crippen LogP contribution >= 0.6 is 11.6 Å². The lowest BCUT2D eigenvalue weighted by Gasteiger charge is -2.34. The summed E-state index contributed by atoms with van der Waals surface area (Å²) < 4.78 is 0. The molecule has 3 nitrogen and oxygen atoms in total. The predicted octanol–water partition coefficient (Wildman–Crippen LogP) is 4.87. The molecule has 0 atom stereocenters. The zero-order valence-electron chi connectivity index (χ0n) is 13.5. The van der Waals surface area contributed by atoms with Crippen molar-refractivity contribution in [1.29, 1.82) is 0 Å². The third kappa shape index (κ3) is 3.81. The number of rotatable bonds is 4. The van der Waals surface area contributed by atoms with Gasteiger partial charge in [0.1, 0.15) is 0 Å². The van der Waals surface area contributed by atoms with Crippen molar-refractivity contribution in [3.8, 4) is 0 Å². The van der Waals surface area contributed by atoms with Crippen LogP contribution in [-0.4, -0.2) is 23.1 Å². The first-order chi connectivity index (χ1) is 10.8. The third-order valence-electron chi connectivity index (χ3n) is 5.28. The van der Waals surface area contributed by atoms with Crippen LogP contribution in [0.2, 0.25) is 5.28 Å². The molecule has 1 fully saturated rings. The molecule has 1 aliphatic heterocycles. The van der Waals surface area contributed by atoms with E-state index in [1.807, 2.05) is 12.4 Å². The monoisotopic (exact) mass is 319 g/mol. The smallest absolute Gasteiger partial charge is 0.222 e. The Morgan fingerprint density at radius 2 is 1.91 bits per heavy atom. The summed E-state index contributed by atoms with van der Waals surface area (Å²) in [4.78, 5) is 10.5. The second-order valence-electron chi connectivity index (χ2n) is 6.69. The van der Waals surface area contributed by atoms with Gasteiger partial charge in [0.15, 0.2) is 0 Å². The van der Waals surface area contributed by atoms with Gasteiger partial charge in [0.2, 0.25) is 5.28 Å². The van der Waals surface area contributed by atoms with Crippen LogP contribution in [0, 0.1) is 11.8 Å². The van der Waals surface area contributed by atoms with Crippen LogP contribution in [0.25, 0.3) is 0 Å². The van der Waals surface area contributed by atoms with E-state index in [9.17, 15) is 0 Å². The van der Waals surface area contributed by atoms with Gasteiger partial charge in [0, 0.05) is 13.1 Å². The summed E-state index contributed by atoms with van der Waals surface area (Å²) in [7, 11) is 0. The van der Waals surface area contributed by atoms with Crippen LogP contribution in [0.15, 0.2) is 24.0 Å². The molecular weight excluding hydrogens is 294 g/mol. The molecule has 3 rings (SSSR count). The molecule has 1 aromatic rings. The molecule has 0 aromatic carbocycles. The molecule has 1 aliphatic carbocycles. The molecule has 0 radical (unpaired) electrons. The van der Waals surface area contributed by atoms with Gasteiger partial charge in [-0.25, -0.2) is 9.97 Å². The molecule has 0 N–H and O–H groups in total. The molecule has 0 amide bonds. The maximum Gasteiger partial charge on any atom is 0.222 e. The van der Waals surface area contributed by atoms with Crippen LogP contribution < -0.4 is 4.90 Å². The minimum Gasteiger partial charge on any atom is -0.365 e. The Balaban J connectivity index is 1.54. The predicted molar refractivity (Wildman–Crippen MR) is 92.3 cm³/mol. The lowest BCUT2D eigenvalue weighted by Crippen LogP contribution is -2.31. The van der Waals surface area contributed by atoms with Gasteiger partial charge in [-0.15, -0.1) is 0 Å². The number of hydrogen-bond acceptors (Lipinski definition) is 3. The van der Waals surface area contributed by atoms with Gasteiger partial charge in [-0.1, -0.05) is 31.4 Å². The molecule has 1 aromatic heterocycles.